The Balaban J connectivity index is 0.00000288. The minimum Gasteiger partial charge on any atom is -0.444 e. The fourth-order valence-corrected chi connectivity index (χ4v) is 2.87. The monoisotopic (exact) mass is 453 g/mol. The number of guanidine groups is 1. The van der Waals surface area contributed by atoms with Crippen molar-refractivity contribution in [3.8, 4) is 0 Å². The number of ether oxygens (including phenoxy) is 1. The van der Waals surface area contributed by atoms with E-state index in [1.165, 1.54) is 13.0 Å². The number of nitrogens with one attached hydrogen (secondary N) is 2. The van der Waals surface area contributed by atoms with Crippen molar-refractivity contribution in [1.82, 2.24) is 20.4 Å². The molecule has 140 valence electrons. The molecular weight excluding hydrogens is 421 g/mol. The first kappa shape index (κ1) is 21.3. The number of hydrogen-bond acceptors (Lipinski definition) is 4. The van der Waals surface area contributed by atoms with Gasteiger partial charge in [-0.05, 0) is 46.7 Å². The first-order chi connectivity index (χ1) is 10.8. The number of nitrogens with zero attached hydrogens (tertiary/aromatic N) is 3. The third-order valence-electron chi connectivity index (χ3n) is 4.14. The summed E-state index contributed by atoms with van der Waals surface area (Å²) in [5.74, 6) is 1.49. The third kappa shape index (κ3) is 6.62. The van der Waals surface area contributed by atoms with Gasteiger partial charge in [-0.3, -0.25) is 4.99 Å². The van der Waals surface area contributed by atoms with Crippen LogP contribution >= 0.6 is 24.0 Å². The van der Waals surface area contributed by atoms with E-state index < -0.39 is 5.60 Å². The second-order valence-corrected chi connectivity index (χ2v) is 7.60. The molecule has 0 aromatic carbocycles. The molecule has 1 unspecified atom stereocenters. The summed E-state index contributed by atoms with van der Waals surface area (Å²) < 4.78 is 5.36. The Morgan fingerprint density at radius 1 is 1.29 bits per heavy atom. The van der Waals surface area contributed by atoms with E-state index in [0.29, 0.717) is 19.0 Å². The van der Waals surface area contributed by atoms with E-state index in [1.807, 2.05) is 20.8 Å². The molecule has 0 aliphatic carbocycles. The Morgan fingerprint density at radius 2 is 1.96 bits per heavy atom. The molecule has 2 N–H and O–H groups in total. The third-order valence-corrected chi connectivity index (χ3v) is 4.14. The van der Waals surface area contributed by atoms with Gasteiger partial charge in [0.25, 0.3) is 0 Å². The van der Waals surface area contributed by atoms with Gasteiger partial charge in [0.05, 0.1) is 6.04 Å². The smallest absolute Gasteiger partial charge is 0.410 e. The van der Waals surface area contributed by atoms with Crippen LogP contribution in [-0.2, 0) is 4.74 Å². The number of aliphatic imine (C=N–C) groups is 1. The highest BCUT2D eigenvalue weighted by Gasteiger charge is 2.34. The lowest BCUT2D eigenvalue weighted by Gasteiger charge is -2.40. The van der Waals surface area contributed by atoms with E-state index in [-0.39, 0.29) is 36.1 Å². The van der Waals surface area contributed by atoms with Crippen LogP contribution in [0.25, 0.3) is 0 Å². The first-order valence-corrected chi connectivity index (χ1v) is 8.40. The van der Waals surface area contributed by atoms with Crippen molar-refractivity contribution in [3.63, 3.8) is 0 Å². The molecule has 0 radical (unpaired) electrons. The molecule has 0 aromatic rings. The molecule has 1 atom stereocenters. The van der Waals surface area contributed by atoms with Crippen molar-refractivity contribution < 1.29 is 9.53 Å². The van der Waals surface area contributed by atoms with Gasteiger partial charge in [-0.25, -0.2) is 4.79 Å². The number of carbonyl (C=O) groups excluding carboxylic acids is 1. The largest absolute Gasteiger partial charge is 0.444 e. The minimum absolute atomic E-state index is 0. The van der Waals surface area contributed by atoms with E-state index in [4.69, 9.17) is 4.74 Å². The van der Waals surface area contributed by atoms with Crippen molar-refractivity contribution in [2.24, 2.45) is 10.9 Å². The molecule has 0 spiro atoms. The molecule has 2 saturated heterocycles. The highest BCUT2D eigenvalue weighted by atomic mass is 127. The first-order valence-electron chi connectivity index (χ1n) is 8.40. The quantitative estimate of drug-likeness (QED) is 0.384. The van der Waals surface area contributed by atoms with Crippen molar-refractivity contribution in [2.45, 2.75) is 38.8 Å². The lowest BCUT2D eigenvalue weighted by Crippen LogP contribution is -2.63. The van der Waals surface area contributed by atoms with Crippen LogP contribution in [0.5, 0.6) is 0 Å². The van der Waals surface area contributed by atoms with Gasteiger partial charge < -0.3 is 25.2 Å². The zero-order valence-electron chi connectivity index (χ0n) is 15.5. The van der Waals surface area contributed by atoms with E-state index in [1.54, 1.807) is 11.9 Å². The van der Waals surface area contributed by atoms with Gasteiger partial charge >= 0.3 is 6.09 Å². The van der Waals surface area contributed by atoms with Crippen LogP contribution in [0.2, 0.25) is 0 Å². The van der Waals surface area contributed by atoms with Crippen LogP contribution in [0.3, 0.4) is 0 Å². The van der Waals surface area contributed by atoms with Gasteiger partial charge in [0.15, 0.2) is 5.96 Å². The summed E-state index contributed by atoms with van der Waals surface area (Å²) in [6.45, 7) is 10.2. The summed E-state index contributed by atoms with van der Waals surface area (Å²) >= 11 is 0. The van der Waals surface area contributed by atoms with Crippen molar-refractivity contribution >= 4 is 36.0 Å². The Morgan fingerprint density at radius 3 is 2.46 bits per heavy atom. The average molecular weight is 453 g/mol. The summed E-state index contributed by atoms with van der Waals surface area (Å²) in [7, 11) is 3.94. The summed E-state index contributed by atoms with van der Waals surface area (Å²) in [6.07, 6.45) is 0.989. The molecule has 24 heavy (non-hydrogen) atoms. The zero-order valence-corrected chi connectivity index (χ0v) is 17.8. The minimum atomic E-state index is -0.443. The summed E-state index contributed by atoms with van der Waals surface area (Å²) in [4.78, 5) is 20.2. The summed E-state index contributed by atoms with van der Waals surface area (Å²) in [5.41, 5.74) is -0.443. The SMILES string of the molecule is CN=C(NCC1CCN(C)C1)NC1CN(C(=O)OC(C)(C)C)C1.I. The van der Waals surface area contributed by atoms with Crippen LogP contribution in [-0.4, -0.2) is 80.3 Å². The van der Waals surface area contributed by atoms with Crippen LogP contribution in [0.15, 0.2) is 4.99 Å². The summed E-state index contributed by atoms with van der Waals surface area (Å²) in [5, 5.41) is 6.75. The Hall–Kier alpha value is -0.770. The van der Waals surface area contributed by atoms with E-state index in [2.05, 4.69) is 27.6 Å². The molecule has 2 rings (SSSR count). The summed E-state index contributed by atoms with van der Waals surface area (Å²) in [6, 6.07) is 0.236. The number of hydrogen-bond donors (Lipinski definition) is 2. The Labute approximate surface area is 162 Å². The number of rotatable bonds is 3. The van der Waals surface area contributed by atoms with E-state index in [9.17, 15) is 4.79 Å². The number of amides is 1. The fraction of sp³-hybridized carbons (Fsp3) is 0.875. The van der Waals surface area contributed by atoms with Gasteiger partial charge in [-0.1, -0.05) is 0 Å². The lowest BCUT2D eigenvalue weighted by molar-refractivity contribution is 0.00701. The topological polar surface area (TPSA) is 69.2 Å². The van der Waals surface area contributed by atoms with Gasteiger partial charge in [-0.15, -0.1) is 24.0 Å². The maximum absolute atomic E-state index is 11.9. The Kier molecular flexibility index (Phi) is 8.04. The van der Waals surface area contributed by atoms with E-state index in [0.717, 1.165) is 19.0 Å². The van der Waals surface area contributed by atoms with Crippen LogP contribution in [0.1, 0.15) is 27.2 Å². The molecule has 2 aliphatic heterocycles. The highest BCUT2D eigenvalue weighted by Crippen LogP contribution is 2.15. The van der Waals surface area contributed by atoms with Gasteiger partial charge in [-0.2, -0.15) is 0 Å². The predicted octanol–water partition coefficient (Wildman–Crippen LogP) is 1.34. The second kappa shape index (κ2) is 9.07. The molecule has 2 heterocycles. The van der Waals surface area contributed by atoms with Gasteiger partial charge in [0.1, 0.15) is 5.60 Å². The van der Waals surface area contributed by atoms with Gasteiger partial charge in [0, 0.05) is 33.2 Å². The second-order valence-electron chi connectivity index (χ2n) is 7.60. The lowest BCUT2D eigenvalue weighted by atomic mass is 10.1. The molecule has 7 nitrogen and oxygen atoms in total. The molecule has 0 aromatic heterocycles. The molecule has 0 bridgehead atoms. The normalized spacial score (nSPS) is 22.6. The molecule has 0 saturated carbocycles. The van der Waals surface area contributed by atoms with E-state index >= 15 is 0 Å². The van der Waals surface area contributed by atoms with Crippen molar-refractivity contribution in [3.05, 3.63) is 0 Å². The fourth-order valence-electron chi connectivity index (χ4n) is 2.87. The molecule has 8 heteroatoms. The maximum atomic E-state index is 11.9. The molecule has 1 amide bonds. The van der Waals surface area contributed by atoms with Crippen LogP contribution in [0, 0.1) is 5.92 Å². The molecule has 2 aliphatic rings. The highest BCUT2D eigenvalue weighted by molar-refractivity contribution is 14.0. The standard InChI is InChI=1S/C16H31N5O2.HI/c1-16(2,3)23-15(22)21-10-13(11-21)19-14(17-4)18-8-12-6-7-20(5)9-12;/h12-13H,6-11H2,1-5H3,(H2,17,18,19);1H. The Bertz CT molecular complexity index is 446. The van der Waals surface area contributed by atoms with Gasteiger partial charge in [0.2, 0.25) is 0 Å². The maximum Gasteiger partial charge on any atom is 0.410 e. The van der Waals surface area contributed by atoms with Crippen molar-refractivity contribution in [2.75, 3.05) is 46.8 Å². The molecular formula is C16H32IN5O2. The average Bonchev–Trinajstić information content (AvgIpc) is 2.80. The molecule has 2 fully saturated rings. The van der Waals surface area contributed by atoms with Crippen LogP contribution in [0.4, 0.5) is 4.79 Å². The number of halogens is 1. The zero-order chi connectivity index (χ0) is 17.0. The van der Waals surface area contributed by atoms with Crippen LogP contribution < -0.4 is 10.6 Å². The van der Waals surface area contributed by atoms with Crippen molar-refractivity contribution in [1.29, 1.82) is 0 Å². The number of carbonyl (C=O) groups is 1. The predicted molar refractivity (Wildman–Crippen MR) is 107 cm³/mol. The number of likely N-dealkylation sites (tertiary alicyclic amines) is 2.